The molecule has 0 aliphatic heterocycles. The number of nitrogens with one attached hydrogen (secondary N) is 1. The van der Waals surface area contributed by atoms with Crippen molar-refractivity contribution < 1.29 is 14.0 Å². The van der Waals surface area contributed by atoms with Gasteiger partial charge in [0.1, 0.15) is 12.4 Å². The van der Waals surface area contributed by atoms with Crippen molar-refractivity contribution in [2.24, 2.45) is 5.84 Å². The van der Waals surface area contributed by atoms with Crippen molar-refractivity contribution in [3.8, 4) is 0 Å². The number of carbonyl (C=O) groups is 2. The summed E-state index contributed by atoms with van der Waals surface area (Å²) in [6, 6.07) is 10.3. The molecule has 0 spiro atoms. The number of nitrogens with two attached hydrogens (primary N) is 2. The van der Waals surface area contributed by atoms with Crippen molar-refractivity contribution in [3.63, 3.8) is 0 Å². The lowest BCUT2D eigenvalue weighted by Crippen LogP contribution is -2.45. The van der Waals surface area contributed by atoms with E-state index in [1.54, 1.807) is 6.92 Å². The van der Waals surface area contributed by atoms with Gasteiger partial charge in [-0.1, -0.05) is 29.8 Å². The van der Waals surface area contributed by atoms with Gasteiger partial charge in [0, 0.05) is 6.54 Å². The Kier molecular flexibility index (Phi) is 5.71. The van der Waals surface area contributed by atoms with Gasteiger partial charge in [0.2, 0.25) is 5.91 Å². The minimum absolute atomic E-state index is 0.0636. The Morgan fingerprint density at radius 3 is 2.40 bits per heavy atom. The van der Waals surface area contributed by atoms with E-state index in [-0.39, 0.29) is 17.8 Å². The molecule has 0 aliphatic rings. The average molecular weight is 344 g/mol. The Morgan fingerprint density at radius 1 is 1.12 bits per heavy atom. The smallest absolute Gasteiger partial charge is 0.270 e. The summed E-state index contributed by atoms with van der Waals surface area (Å²) in [6.07, 6.45) is 0. The van der Waals surface area contributed by atoms with Crippen molar-refractivity contribution in [3.05, 3.63) is 64.5 Å². The topological polar surface area (TPSA) is 101 Å². The number of rotatable bonds is 5. The van der Waals surface area contributed by atoms with Crippen molar-refractivity contribution in [2.75, 3.05) is 12.3 Å². The summed E-state index contributed by atoms with van der Waals surface area (Å²) in [5, 5.41) is 3.39. The zero-order chi connectivity index (χ0) is 18.6. The third-order valence-corrected chi connectivity index (χ3v) is 3.69. The van der Waals surface area contributed by atoms with E-state index in [0.29, 0.717) is 12.1 Å². The molecule has 132 valence electrons. The zero-order valence-corrected chi connectivity index (χ0v) is 14.2. The number of amides is 2. The van der Waals surface area contributed by atoms with Crippen molar-refractivity contribution in [1.29, 1.82) is 0 Å². The standard InChI is InChI=1S/C18H21FN4O2/c1-11-3-5-13(6-4-11)9-22-16(24)10-23(21)18(25)14-7-12(2)8-15(19)17(14)20/h3-8H,9-10,20-21H2,1-2H3,(H,22,24). The lowest BCUT2D eigenvalue weighted by molar-refractivity contribution is -0.122. The first-order valence-electron chi connectivity index (χ1n) is 7.72. The predicted molar refractivity (Wildman–Crippen MR) is 93.8 cm³/mol. The van der Waals surface area contributed by atoms with Crippen LogP contribution in [0.3, 0.4) is 0 Å². The van der Waals surface area contributed by atoms with E-state index in [4.69, 9.17) is 11.6 Å². The summed E-state index contributed by atoms with van der Waals surface area (Å²) < 4.78 is 13.6. The fourth-order valence-electron chi connectivity index (χ4n) is 2.27. The van der Waals surface area contributed by atoms with Gasteiger partial charge in [-0.25, -0.2) is 10.2 Å². The minimum atomic E-state index is -0.717. The third-order valence-electron chi connectivity index (χ3n) is 3.69. The molecular weight excluding hydrogens is 323 g/mol. The average Bonchev–Trinajstić information content (AvgIpc) is 2.57. The van der Waals surface area contributed by atoms with Gasteiger partial charge < -0.3 is 11.1 Å². The number of hydrogen-bond donors (Lipinski definition) is 3. The Morgan fingerprint density at radius 2 is 1.76 bits per heavy atom. The molecule has 0 aliphatic carbocycles. The Balaban J connectivity index is 1.96. The first kappa shape index (κ1) is 18.4. The van der Waals surface area contributed by atoms with Gasteiger partial charge in [-0.15, -0.1) is 0 Å². The maximum absolute atomic E-state index is 13.6. The Hall–Kier alpha value is -2.93. The molecule has 6 nitrogen and oxygen atoms in total. The van der Waals surface area contributed by atoms with Crippen LogP contribution in [0, 0.1) is 19.7 Å². The molecule has 2 aromatic rings. The van der Waals surface area contributed by atoms with Crippen LogP contribution < -0.4 is 16.9 Å². The van der Waals surface area contributed by atoms with Crippen LogP contribution in [-0.4, -0.2) is 23.4 Å². The lowest BCUT2D eigenvalue weighted by Gasteiger charge is -2.18. The van der Waals surface area contributed by atoms with E-state index in [1.165, 1.54) is 12.1 Å². The molecule has 0 fully saturated rings. The number of nitrogen functional groups attached to an aromatic ring is 1. The van der Waals surface area contributed by atoms with Gasteiger partial charge in [-0.2, -0.15) is 0 Å². The van der Waals surface area contributed by atoms with Crippen LogP contribution in [0.1, 0.15) is 27.0 Å². The molecule has 0 saturated carbocycles. The minimum Gasteiger partial charge on any atom is -0.396 e. The summed E-state index contributed by atoms with van der Waals surface area (Å²) in [6.45, 7) is 3.57. The fraction of sp³-hybridized carbons (Fsp3) is 0.222. The molecule has 0 bridgehead atoms. The van der Waals surface area contributed by atoms with E-state index in [1.807, 2.05) is 31.2 Å². The van der Waals surface area contributed by atoms with Crippen molar-refractivity contribution in [2.45, 2.75) is 20.4 Å². The van der Waals surface area contributed by atoms with Crippen LogP contribution in [0.25, 0.3) is 0 Å². The number of halogens is 1. The highest BCUT2D eigenvalue weighted by molar-refractivity contribution is 6.00. The van der Waals surface area contributed by atoms with Crippen LogP contribution in [-0.2, 0) is 11.3 Å². The van der Waals surface area contributed by atoms with Crippen molar-refractivity contribution >= 4 is 17.5 Å². The second-order valence-electron chi connectivity index (χ2n) is 5.90. The highest BCUT2D eigenvalue weighted by Gasteiger charge is 2.20. The molecule has 0 unspecified atom stereocenters. The van der Waals surface area contributed by atoms with E-state index in [0.717, 1.165) is 16.1 Å². The summed E-state index contributed by atoms with van der Waals surface area (Å²) in [7, 11) is 0. The Bertz CT molecular complexity index is 790. The first-order chi connectivity index (χ1) is 11.8. The number of carbonyl (C=O) groups excluding carboxylic acids is 2. The molecule has 0 atom stereocenters. The summed E-state index contributed by atoms with van der Waals surface area (Å²) in [5.74, 6) is 3.81. The van der Waals surface area contributed by atoms with E-state index in [2.05, 4.69) is 5.32 Å². The van der Waals surface area contributed by atoms with Gasteiger partial charge >= 0.3 is 0 Å². The normalized spacial score (nSPS) is 10.4. The fourth-order valence-corrected chi connectivity index (χ4v) is 2.27. The largest absolute Gasteiger partial charge is 0.396 e. The summed E-state index contributed by atoms with van der Waals surface area (Å²) >= 11 is 0. The molecule has 5 N–H and O–H groups in total. The van der Waals surface area contributed by atoms with Crippen LogP contribution >= 0.6 is 0 Å². The van der Waals surface area contributed by atoms with Gasteiger partial charge in [0.05, 0.1) is 11.3 Å². The molecule has 25 heavy (non-hydrogen) atoms. The Labute approximate surface area is 145 Å². The SMILES string of the molecule is Cc1ccc(CNC(=O)CN(N)C(=O)c2cc(C)cc(F)c2N)cc1. The second-order valence-corrected chi connectivity index (χ2v) is 5.90. The van der Waals surface area contributed by atoms with E-state index >= 15 is 0 Å². The number of aryl methyl sites for hydroxylation is 2. The van der Waals surface area contributed by atoms with Crippen LogP contribution in [0.4, 0.5) is 10.1 Å². The number of hydrogen-bond acceptors (Lipinski definition) is 4. The monoisotopic (exact) mass is 344 g/mol. The molecule has 2 aromatic carbocycles. The summed E-state index contributed by atoms with van der Waals surface area (Å²) in [5.41, 5.74) is 7.83. The maximum atomic E-state index is 13.6. The highest BCUT2D eigenvalue weighted by atomic mass is 19.1. The van der Waals surface area contributed by atoms with Gasteiger partial charge in [0.15, 0.2) is 0 Å². The molecule has 0 heterocycles. The molecule has 0 radical (unpaired) electrons. The number of anilines is 1. The number of hydrazine groups is 1. The molecular formula is C18H21FN4O2. The molecule has 2 rings (SSSR count). The summed E-state index contributed by atoms with van der Waals surface area (Å²) in [4.78, 5) is 24.2. The second kappa shape index (κ2) is 7.76. The van der Waals surface area contributed by atoms with Crippen LogP contribution in [0.15, 0.2) is 36.4 Å². The predicted octanol–water partition coefficient (Wildman–Crippen LogP) is 1.66. The number of nitrogens with zero attached hydrogens (tertiary/aromatic N) is 1. The first-order valence-corrected chi connectivity index (χ1v) is 7.72. The molecule has 0 saturated heterocycles. The lowest BCUT2D eigenvalue weighted by atomic mass is 10.1. The molecule has 0 aromatic heterocycles. The van der Waals surface area contributed by atoms with Crippen LogP contribution in [0.5, 0.6) is 0 Å². The third kappa shape index (κ3) is 4.77. The van der Waals surface area contributed by atoms with Gasteiger partial charge in [0.25, 0.3) is 5.91 Å². The van der Waals surface area contributed by atoms with E-state index in [9.17, 15) is 14.0 Å². The molecule has 7 heteroatoms. The quantitative estimate of drug-likeness (QED) is 0.332. The zero-order valence-electron chi connectivity index (χ0n) is 14.2. The highest BCUT2D eigenvalue weighted by Crippen LogP contribution is 2.19. The number of benzene rings is 2. The van der Waals surface area contributed by atoms with E-state index < -0.39 is 17.6 Å². The van der Waals surface area contributed by atoms with Crippen molar-refractivity contribution in [1.82, 2.24) is 10.3 Å². The maximum Gasteiger partial charge on any atom is 0.270 e. The molecule has 2 amide bonds. The van der Waals surface area contributed by atoms with Crippen LogP contribution in [0.2, 0.25) is 0 Å². The van der Waals surface area contributed by atoms with Gasteiger partial charge in [-0.05, 0) is 37.1 Å². The van der Waals surface area contributed by atoms with Gasteiger partial charge in [-0.3, -0.25) is 14.6 Å².